The third kappa shape index (κ3) is 8.53. The second kappa shape index (κ2) is 16.0. The van der Waals surface area contributed by atoms with Gasteiger partial charge in [0.05, 0.1) is 22.6 Å². The maximum absolute atomic E-state index is 13.0. The number of aliphatic carboxylic acids is 1. The number of carbonyl (C=O) groups excluding carboxylic acids is 1. The van der Waals surface area contributed by atoms with Crippen molar-refractivity contribution in [2.75, 3.05) is 23.5 Å². The average molecular weight is 814 g/mol. The smallest absolute Gasteiger partial charge is 0.307 e. The third-order valence-corrected chi connectivity index (χ3v) is 13.3. The summed E-state index contributed by atoms with van der Waals surface area (Å²) < 4.78 is 57.0. The molecular weight excluding hydrogens is 771 g/mol. The van der Waals surface area contributed by atoms with E-state index in [4.69, 9.17) is 5.11 Å². The van der Waals surface area contributed by atoms with Crippen LogP contribution in [0.15, 0.2) is 142 Å². The number of benzene rings is 6. The molecule has 6 aromatic carbocycles. The number of hydrogen-bond donors (Lipinski definition) is 3. The van der Waals surface area contributed by atoms with Crippen LogP contribution in [0.1, 0.15) is 48.9 Å². The van der Waals surface area contributed by atoms with Gasteiger partial charge in [0.15, 0.2) is 0 Å². The molecule has 12 heteroatoms. The van der Waals surface area contributed by atoms with Crippen molar-refractivity contribution >= 4 is 76.0 Å². The summed E-state index contributed by atoms with van der Waals surface area (Å²) in [5.74, 6) is -0.872. The zero-order valence-corrected chi connectivity index (χ0v) is 34.2. The van der Waals surface area contributed by atoms with Crippen LogP contribution in [0.5, 0.6) is 0 Å². The predicted octanol–water partition coefficient (Wildman–Crippen LogP) is 8.89. The number of carboxylic acids is 1. The Morgan fingerprint density at radius 1 is 0.569 bits per heavy atom. The van der Waals surface area contributed by atoms with Gasteiger partial charge >= 0.3 is 5.97 Å². The van der Waals surface area contributed by atoms with Crippen molar-refractivity contribution in [3.8, 4) is 0 Å². The van der Waals surface area contributed by atoms with Gasteiger partial charge in [0.25, 0.3) is 20.0 Å². The highest BCUT2D eigenvalue weighted by atomic mass is 32.2. The summed E-state index contributed by atoms with van der Waals surface area (Å²) in [7, 11) is -4.01. The molecule has 0 spiro atoms. The molecule has 10 nitrogen and oxygen atoms in total. The predicted molar refractivity (Wildman–Crippen MR) is 231 cm³/mol. The lowest BCUT2D eigenvalue weighted by Gasteiger charge is -2.14. The van der Waals surface area contributed by atoms with Crippen molar-refractivity contribution < 1.29 is 31.5 Å². The van der Waals surface area contributed by atoms with Crippen LogP contribution < -0.4 is 9.44 Å². The van der Waals surface area contributed by atoms with Crippen molar-refractivity contribution in [2.24, 2.45) is 0 Å². The van der Waals surface area contributed by atoms with E-state index in [9.17, 15) is 26.4 Å². The highest BCUT2D eigenvalue weighted by Gasteiger charge is 2.25. The number of nitrogens with one attached hydrogen (secondary N) is 2. The normalized spacial score (nSPS) is 13.5. The largest absolute Gasteiger partial charge is 0.481 e. The first-order valence-corrected chi connectivity index (χ1v) is 21.6. The van der Waals surface area contributed by atoms with Gasteiger partial charge in [-0.25, -0.2) is 16.8 Å². The quantitative estimate of drug-likeness (QED) is 0.125. The summed E-state index contributed by atoms with van der Waals surface area (Å²) in [6.45, 7) is 3.94. The molecule has 0 aliphatic heterocycles. The number of sulfonamides is 2. The molecule has 0 saturated heterocycles. The van der Waals surface area contributed by atoms with Crippen molar-refractivity contribution in [1.82, 2.24) is 4.90 Å². The molecule has 6 aromatic rings. The van der Waals surface area contributed by atoms with Gasteiger partial charge < -0.3 is 10.0 Å². The molecule has 0 atom stereocenters. The van der Waals surface area contributed by atoms with E-state index < -0.39 is 26.0 Å². The summed E-state index contributed by atoms with van der Waals surface area (Å²) in [5, 5.41) is 12.8. The van der Waals surface area contributed by atoms with E-state index in [1.807, 2.05) is 86.6 Å². The molecule has 0 saturated carbocycles. The van der Waals surface area contributed by atoms with E-state index in [1.54, 1.807) is 67.5 Å². The number of carbonyl (C=O) groups is 2. The monoisotopic (exact) mass is 813 g/mol. The second-order valence-corrected chi connectivity index (χ2v) is 18.2. The van der Waals surface area contributed by atoms with Crippen LogP contribution in [-0.4, -0.2) is 52.8 Å². The first-order chi connectivity index (χ1) is 27.6. The van der Waals surface area contributed by atoms with Crippen LogP contribution in [0.3, 0.4) is 0 Å². The summed E-state index contributed by atoms with van der Waals surface area (Å²) in [6, 6.07) is 36.2. The summed E-state index contributed by atoms with van der Waals surface area (Å²) in [6.07, 6.45) is 1.71. The summed E-state index contributed by atoms with van der Waals surface area (Å²) in [4.78, 5) is 25.4. The topological polar surface area (TPSA) is 150 Å². The van der Waals surface area contributed by atoms with Gasteiger partial charge in [-0.05, 0) is 130 Å². The van der Waals surface area contributed by atoms with Gasteiger partial charge in [-0.3, -0.25) is 19.0 Å². The molecule has 0 unspecified atom stereocenters. The second-order valence-electron chi connectivity index (χ2n) is 14.9. The van der Waals surface area contributed by atoms with Crippen LogP contribution in [0.25, 0.3) is 32.7 Å². The van der Waals surface area contributed by atoms with Gasteiger partial charge in [0.2, 0.25) is 5.91 Å². The van der Waals surface area contributed by atoms with E-state index in [1.165, 1.54) is 0 Å². The fraction of sp³-hybridized carbons (Fsp3) is 0.174. The van der Waals surface area contributed by atoms with Gasteiger partial charge in [0.1, 0.15) is 0 Å². The maximum Gasteiger partial charge on any atom is 0.307 e. The number of carboxylic acid groups (broad SMARTS) is 1. The highest BCUT2D eigenvalue weighted by Crippen LogP contribution is 2.38. The maximum atomic E-state index is 13.0. The van der Waals surface area contributed by atoms with Gasteiger partial charge in [-0.15, -0.1) is 0 Å². The SMILES string of the molecule is CC1=C(CC(=O)N(C)C)c2cc(NS(=O)(=O)c3ccc4ccccc4c3)ccc2C1.CC1=C(CC(=O)O)c2cc(NS(=O)(=O)c3ccc4ccccc4c3)ccc2C1. The standard InChI is InChI=1S/C24H24N2O3S.C22H19NO4S/c1-16-12-19-8-10-20(14-23(19)22(16)15-24(27)26(2)3)25-30(28,29)21-11-9-17-6-4-5-7-18(17)13-21;1-14-10-17-6-8-18(12-21(17)20(14)13-22(24)25)23-28(26,27)19-9-7-15-4-2-3-5-16(15)11-19/h4-11,13-14,25H,12,15H2,1-3H3;2-9,11-12,23H,10,13H2,1H3,(H,24,25). The molecule has 0 fully saturated rings. The average Bonchev–Trinajstić information content (AvgIpc) is 3.67. The highest BCUT2D eigenvalue weighted by molar-refractivity contribution is 7.93. The van der Waals surface area contributed by atoms with Crippen LogP contribution in [-0.2, 0) is 42.5 Å². The number of allylic oxidation sites excluding steroid dienone is 2. The molecule has 58 heavy (non-hydrogen) atoms. The molecule has 0 aromatic heterocycles. The van der Waals surface area contributed by atoms with Crippen molar-refractivity contribution in [3.63, 3.8) is 0 Å². The molecular formula is C46H43N3O7S2. The lowest BCUT2D eigenvalue weighted by Crippen LogP contribution is -2.21. The zero-order chi connectivity index (χ0) is 41.4. The van der Waals surface area contributed by atoms with Gasteiger partial charge in [0, 0.05) is 25.5 Å². The molecule has 0 bridgehead atoms. The first-order valence-electron chi connectivity index (χ1n) is 18.7. The molecule has 2 aliphatic carbocycles. The van der Waals surface area contributed by atoms with Crippen LogP contribution in [0, 0.1) is 0 Å². The number of anilines is 2. The summed E-state index contributed by atoms with van der Waals surface area (Å²) in [5.41, 5.74) is 8.69. The molecule has 296 valence electrons. The van der Waals surface area contributed by atoms with Crippen molar-refractivity contribution in [2.45, 2.75) is 49.3 Å². The zero-order valence-electron chi connectivity index (χ0n) is 32.5. The molecule has 3 N–H and O–H groups in total. The van der Waals surface area contributed by atoms with Gasteiger partial charge in [-0.2, -0.15) is 0 Å². The van der Waals surface area contributed by atoms with Crippen molar-refractivity contribution in [1.29, 1.82) is 0 Å². The van der Waals surface area contributed by atoms with Crippen molar-refractivity contribution in [3.05, 3.63) is 155 Å². The Hall–Kier alpha value is -6.24. The number of amides is 1. The Bertz CT molecular complexity index is 2930. The summed E-state index contributed by atoms with van der Waals surface area (Å²) >= 11 is 0. The lowest BCUT2D eigenvalue weighted by atomic mass is 10.0. The molecule has 2 aliphatic rings. The Balaban J connectivity index is 0.000000177. The Kier molecular flexibility index (Phi) is 11.0. The van der Waals surface area contributed by atoms with Crippen LogP contribution >= 0.6 is 0 Å². The minimum atomic E-state index is -3.76. The molecule has 1 amide bonds. The van der Waals surface area contributed by atoms with E-state index in [0.717, 1.165) is 72.5 Å². The van der Waals surface area contributed by atoms with Gasteiger partial charge in [-0.1, -0.05) is 83.9 Å². The minimum Gasteiger partial charge on any atom is -0.481 e. The first kappa shape index (κ1) is 40.0. The molecule has 0 heterocycles. The van der Waals surface area contributed by atoms with Crippen LogP contribution in [0.4, 0.5) is 11.4 Å². The third-order valence-electron chi connectivity index (χ3n) is 10.5. The fourth-order valence-electron chi connectivity index (χ4n) is 7.44. The Morgan fingerprint density at radius 2 is 0.983 bits per heavy atom. The number of nitrogens with zero attached hydrogens (tertiary/aromatic N) is 1. The fourth-order valence-corrected chi connectivity index (χ4v) is 9.61. The minimum absolute atomic E-state index is 0.0272. The molecule has 8 rings (SSSR count). The van der Waals surface area contributed by atoms with E-state index in [-0.39, 0.29) is 22.1 Å². The van der Waals surface area contributed by atoms with E-state index in [0.29, 0.717) is 24.2 Å². The van der Waals surface area contributed by atoms with E-state index >= 15 is 0 Å². The number of hydrogen-bond acceptors (Lipinski definition) is 6. The number of rotatable bonds is 10. The van der Waals surface area contributed by atoms with Crippen LogP contribution in [0.2, 0.25) is 0 Å². The van der Waals surface area contributed by atoms with E-state index in [2.05, 4.69) is 9.44 Å². The Morgan fingerprint density at radius 3 is 1.40 bits per heavy atom. The number of fused-ring (bicyclic) bond motifs is 4. The lowest BCUT2D eigenvalue weighted by molar-refractivity contribution is -0.135. The molecule has 0 radical (unpaired) electrons. The Labute approximate surface area is 338 Å².